The molecule has 1 fully saturated rings. The molecule has 0 spiro atoms. The first kappa shape index (κ1) is 21.1. The summed E-state index contributed by atoms with van der Waals surface area (Å²) in [5.41, 5.74) is 0. The lowest BCUT2D eigenvalue weighted by atomic mass is 10.1. The fourth-order valence-corrected chi connectivity index (χ4v) is 3.44. The molecule has 1 aliphatic rings. The summed E-state index contributed by atoms with van der Waals surface area (Å²) < 4.78 is 15.9. The summed E-state index contributed by atoms with van der Waals surface area (Å²) in [7, 11) is 1.59. The Morgan fingerprint density at radius 1 is 1.11 bits per heavy atom. The summed E-state index contributed by atoms with van der Waals surface area (Å²) in [6, 6.07) is 7.36. The van der Waals surface area contributed by atoms with Crippen LogP contribution in [0.25, 0.3) is 0 Å². The molecule has 0 aromatic heterocycles. The molecule has 1 aromatic rings. The summed E-state index contributed by atoms with van der Waals surface area (Å²) in [6.45, 7) is 2.47. The molecule has 0 N–H and O–H groups in total. The zero-order chi connectivity index (χ0) is 19.5. The van der Waals surface area contributed by atoms with E-state index >= 15 is 0 Å². The van der Waals surface area contributed by atoms with Gasteiger partial charge in [-0.2, -0.15) is 0 Å². The Bertz CT molecular complexity index is 596. The number of hydrogen-bond donors (Lipinski definition) is 0. The van der Waals surface area contributed by atoms with Crippen molar-refractivity contribution in [2.24, 2.45) is 0 Å². The minimum absolute atomic E-state index is 0.0491. The number of benzene rings is 1. The molecule has 1 aromatic carbocycles. The highest BCUT2D eigenvalue weighted by atomic mass is 16.5. The molecule has 6 nitrogen and oxygen atoms in total. The summed E-state index contributed by atoms with van der Waals surface area (Å²) >= 11 is 0. The molecule has 6 heteroatoms. The maximum Gasteiger partial charge on any atom is 0.307 e. The first-order valence-electron chi connectivity index (χ1n) is 9.86. The predicted octanol–water partition coefficient (Wildman–Crippen LogP) is 3.58. The van der Waals surface area contributed by atoms with Gasteiger partial charge in [0.15, 0.2) is 6.61 Å². The number of nitrogens with zero attached hydrogens (tertiary/aromatic N) is 1. The molecular formula is C21H31NO5. The maximum absolute atomic E-state index is 12.9. The normalized spacial score (nSPS) is 14.9. The number of carbonyl (C=O) groups is 2. The standard InChI is InChI=1S/C21H31NO5/c1-3-26-21(24)13-14-22(17-9-6-4-5-7-10-17)20(23)16-27-19-12-8-11-18(15-19)25-2/h8,11-12,15,17H,3-7,9-10,13-14,16H2,1-2H3. The number of ether oxygens (including phenoxy) is 3. The van der Waals surface area contributed by atoms with Crippen molar-refractivity contribution in [3.05, 3.63) is 24.3 Å². The summed E-state index contributed by atoms with van der Waals surface area (Å²) in [4.78, 5) is 26.5. The van der Waals surface area contributed by atoms with Crippen LogP contribution in [-0.4, -0.2) is 49.7 Å². The number of amides is 1. The van der Waals surface area contributed by atoms with Gasteiger partial charge in [0.1, 0.15) is 11.5 Å². The van der Waals surface area contributed by atoms with Crippen LogP contribution in [0.5, 0.6) is 11.5 Å². The Morgan fingerprint density at radius 2 is 1.81 bits per heavy atom. The van der Waals surface area contributed by atoms with E-state index < -0.39 is 0 Å². The number of esters is 1. The van der Waals surface area contributed by atoms with E-state index in [1.165, 1.54) is 12.8 Å². The SMILES string of the molecule is CCOC(=O)CCN(C(=O)COc1cccc(OC)c1)C1CCCCCC1. The van der Waals surface area contributed by atoms with E-state index in [1.54, 1.807) is 26.2 Å². The fraction of sp³-hybridized carbons (Fsp3) is 0.619. The Hall–Kier alpha value is -2.24. The predicted molar refractivity (Wildman–Crippen MR) is 103 cm³/mol. The van der Waals surface area contributed by atoms with Crippen molar-refractivity contribution >= 4 is 11.9 Å². The molecule has 0 aliphatic heterocycles. The van der Waals surface area contributed by atoms with Crippen molar-refractivity contribution in [3.63, 3.8) is 0 Å². The lowest BCUT2D eigenvalue weighted by Crippen LogP contribution is -2.44. The zero-order valence-electron chi connectivity index (χ0n) is 16.4. The minimum Gasteiger partial charge on any atom is -0.497 e. The van der Waals surface area contributed by atoms with Crippen LogP contribution in [0.3, 0.4) is 0 Å². The molecule has 1 saturated carbocycles. The molecule has 0 atom stereocenters. The van der Waals surface area contributed by atoms with Gasteiger partial charge in [-0.3, -0.25) is 9.59 Å². The van der Waals surface area contributed by atoms with Gasteiger partial charge in [-0.15, -0.1) is 0 Å². The number of carbonyl (C=O) groups excluding carboxylic acids is 2. The molecule has 1 amide bonds. The van der Waals surface area contributed by atoms with Crippen molar-refractivity contribution in [2.75, 3.05) is 26.9 Å². The third-order valence-electron chi connectivity index (χ3n) is 4.85. The lowest BCUT2D eigenvalue weighted by Gasteiger charge is -2.31. The fourth-order valence-electron chi connectivity index (χ4n) is 3.44. The highest BCUT2D eigenvalue weighted by molar-refractivity contribution is 5.79. The average molecular weight is 377 g/mol. The molecule has 27 heavy (non-hydrogen) atoms. The Morgan fingerprint density at radius 3 is 2.48 bits per heavy atom. The van der Waals surface area contributed by atoms with Gasteiger partial charge < -0.3 is 19.1 Å². The van der Waals surface area contributed by atoms with Crippen LogP contribution in [0.1, 0.15) is 51.9 Å². The molecule has 0 saturated heterocycles. The number of methoxy groups -OCH3 is 1. The largest absolute Gasteiger partial charge is 0.497 e. The molecule has 0 heterocycles. The van der Waals surface area contributed by atoms with Crippen LogP contribution in [-0.2, 0) is 14.3 Å². The van der Waals surface area contributed by atoms with Crippen molar-refractivity contribution in [3.8, 4) is 11.5 Å². The van der Waals surface area contributed by atoms with Gasteiger partial charge in [-0.1, -0.05) is 31.7 Å². The third-order valence-corrected chi connectivity index (χ3v) is 4.85. The Kier molecular flexibility index (Phi) is 8.95. The summed E-state index contributed by atoms with van der Waals surface area (Å²) in [5.74, 6) is 0.920. The highest BCUT2D eigenvalue weighted by Crippen LogP contribution is 2.23. The smallest absolute Gasteiger partial charge is 0.307 e. The van der Waals surface area contributed by atoms with Gasteiger partial charge in [0.25, 0.3) is 5.91 Å². The van der Waals surface area contributed by atoms with Gasteiger partial charge in [-0.05, 0) is 31.9 Å². The van der Waals surface area contributed by atoms with Crippen molar-refractivity contribution in [1.82, 2.24) is 4.90 Å². The van der Waals surface area contributed by atoms with Crippen LogP contribution in [0.15, 0.2) is 24.3 Å². The lowest BCUT2D eigenvalue weighted by molar-refractivity contribution is -0.145. The second-order valence-corrected chi connectivity index (χ2v) is 6.76. The molecule has 2 rings (SSSR count). The van der Waals surface area contributed by atoms with E-state index in [2.05, 4.69) is 0 Å². The van der Waals surface area contributed by atoms with Crippen molar-refractivity contribution < 1.29 is 23.8 Å². The average Bonchev–Trinajstić information content (AvgIpc) is 2.96. The van der Waals surface area contributed by atoms with E-state index in [0.717, 1.165) is 25.7 Å². The third kappa shape index (κ3) is 7.12. The first-order valence-corrected chi connectivity index (χ1v) is 9.86. The molecule has 1 aliphatic carbocycles. The monoisotopic (exact) mass is 377 g/mol. The molecule has 0 bridgehead atoms. The van der Waals surface area contributed by atoms with Gasteiger partial charge in [0.2, 0.25) is 0 Å². The molecule has 0 unspecified atom stereocenters. The molecule has 150 valence electrons. The van der Waals surface area contributed by atoms with Crippen LogP contribution in [0, 0.1) is 0 Å². The van der Waals surface area contributed by atoms with Crippen molar-refractivity contribution in [1.29, 1.82) is 0 Å². The van der Waals surface area contributed by atoms with E-state index in [9.17, 15) is 9.59 Å². The highest BCUT2D eigenvalue weighted by Gasteiger charge is 2.25. The van der Waals surface area contributed by atoms with Gasteiger partial charge in [-0.25, -0.2) is 0 Å². The molecular weight excluding hydrogens is 346 g/mol. The van der Waals surface area contributed by atoms with Crippen LogP contribution < -0.4 is 9.47 Å². The van der Waals surface area contributed by atoms with Crippen LogP contribution >= 0.6 is 0 Å². The topological polar surface area (TPSA) is 65.1 Å². The second kappa shape index (κ2) is 11.5. The minimum atomic E-state index is -0.266. The number of rotatable bonds is 9. The van der Waals surface area contributed by atoms with E-state index in [1.807, 2.05) is 17.0 Å². The Labute approximate surface area is 161 Å². The zero-order valence-corrected chi connectivity index (χ0v) is 16.4. The van der Waals surface area contributed by atoms with Crippen LogP contribution in [0.2, 0.25) is 0 Å². The van der Waals surface area contributed by atoms with Crippen LogP contribution in [0.4, 0.5) is 0 Å². The van der Waals surface area contributed by atoms with Gasteiger partial charge >= 0.3 is 5.97 Å². The van der Waals surface area contributed by atoms with Gasteiger partial charge in [0.05, 0.1) is 20.1 Å². The second-order valence-electron chi connectivity index (χ2n) is 6.76. The summed E-state index contributed by atoms with van der Waals surface area (Å²) in [5, 5.41) is 0. The summed E-state index contributed by atoms with van der Waals surface area (Å²) in [6.07, 6.45) is 6.82. The van der Waals surface area contributed by atoms with E-state index in [0.29, 0.717) is 24.7 Å². The maximum atomic E-state index is 12.9. The van der Waals surface area contributed by atoms with E-state index in [-0.39, 0.29) is 30.9 Å². The molecule has 0 radical (unpaired) electrons. The quantitative estimate of drug-likeness (QED) is 0.486. The van der Waals surface area contributed by atoms with Crippen molar-refractivity contribution in [2.45, 2.75) is 57.9 Å². The number of hydrogen-bond acceptors (Lipinski definition) is 5. The van der Waals surface area contributed by atoms with E-state index in [4.69, 9.17) is 14.2 Å². The van der Waals surface area contributed by atoms with Gasteiger partial charge in [0, 0.05) is 18.7 Å². The Balaban J connectivity index is 1.98. The first-order chi connectivity index (χ1) is 13.1.